The van der Waals surface area contributed by atoms with E-state index in [0.717, 1.165) is 39.7 Å². The number of amides is 2. The van der Waals surface area contributed by atoms with Gasteiger partial charge in [0.2, 0.25) is 5.91 Å². The summed E-state index contributed by atoms with van der Waals surface area (Å²) in [6, 6.07) is 18.6. The maximum absolute atomic E-state index is 14.2. The minimum atomic E-state index is -1.06. The van der Waals surface area contributed by atoms with Gasteiger partial charge in [0.1, 0.15) is 12.4 Å². The monoisotopic (exact) mass is 589 g/mol. The third kappa shape index (κ3) is 5.24. The normalized spacial score (nSPS) is 15.8. The van der Waals surface area contributed by atoms with Crippen LogP contribution in [0.2, 0.25) is 0 Å². The standard InChI is InChI=1S/C33H31N7O4/c1-4-20-9-15-27(39-19-34-37-38-39)22(17-20)12-16-28(41)40-30(31(42)35-23-13-10-21(11-14-23)32(43)44)29-24-7-5-6-8-25(24)36-26(29)18-33(40,2)3/h5-17,19,30,36H,4,18H2,1-3H3,(H,35,42)(H,43,44)/b16-12+. The molecule has 1 atom stereocenters. The van der Waals surface area contributed by atoms with Crippen LogP contribution in [-0.4, -0.2) is 58.5 Å². The highest BCUT2D eigenvalue weighted by Crippen LogP contribution is 2.43. The average Bonchev–Trinajstić information content (AvgIpc) is 3.67. The summed E-state index contributed by atoms with van der Waals surface area (Å²) in [6.07, 6.45) is 6.04. The minimum Gasteiger partial charge on any atom is -0.478 e. The van der Waals surface area contributed by atoms with Crippen molar-refractivity contribution >= 4 is 40.4 Å². The molecule has 44 heavy (non-hydrogen) atoms. The molecule has 0 spiro atoms. The molecule has 0 saturated heterocycles. The van der Waals surface area contributed by atoms with E-state index in [2.05, 4.69) is 32.7 Å². The third-order valence-corrected chi connectivity index (χ3v) is 8.01. The Morgan fingerprint density at radius 1 is 1.09 bits per heavy atom. The van der Waals surface area contributed by atoms with Crippen molar-refractivity contribution < 1.29 is 19.5 Å². The Bertz CT molecular complexity index is 1910. The van der Waals surface area contributed by atoms with Crippen molar-refractivity contribution in [1.82, 2.24) is 30.1 Å². The van der Waals surface area contributed by atoms with Gasteiger partial charge >= 0.3 is 5.97 Å². The molecule has 6 rings (SSSR count). The van der Waals surface area contributed by atoms with E-state index in [-0.39, 0.29) is 11.5 Å². The lowest BCUT2D eigenvalue weighted by Crippen LogP contribution is -2.56. The van der Waals surface area contributed by atoms with Gasteiger partial charge in [0.15, 0.2) is 0 Å². The van der Waals surface area contributed by atoms with Gasteiger partial charge < -0.3 is 20.3 Å². The second-order valence-corrected chi connectivity index (χ2v) is 11.4. The number of fused-ring (bicyclic) bond motifs is 3. The lowest BCUT2D eigenvalue weighted by Gasteiger charge is -2.46. The van der Waals surface area contributed by atoms with Crippen molar-refractivity contribution in [1.29, 1.82) is 0 Å². The summed E-state index contributed by atoms with van der Waals surface area (Å²) >= 11 is 0. The molecule has 11 heteroatoms. The van der Waals surface area contributed by atoms with Gasteiger partial charge in [0, 0.05) is 51.4 Å². The summed E-state index contributed by atoms with van der Waals surface area (Å²) in [7, 11) is 0. The number of carbonyl (C=O) groups excluding carboxylic acids is 2. The number of tetrazole rings is 1. The topological polar surface area (TPSA) is 146 Å². The van der Waals surface area contributed by atoms with Crippen LogP contribution in [0.15, 0.2) is 79.1 Å². The number of carbonyl (C=O) groups is 3. The third-order valence-electron chi connectivity index (χ3n) is 8.01. The first-order valence-corrected chi connectivity index (χ1v) is 14.3. The van der Waals surface area contributed by atoms with Crippen molar-refractivity contribution in [3.8, 4) is 5.69 Å². The Kier molecular flexibility index (Phi) is 7.30. The lowest BCUT2D eigenvalue weighted by molar-refractivity contribution is -0.142. The predicted molar refractivity (Wildman–Crippen MR) is 165 cm³/mol. The van der Waals surface area contributed by atoms with Gasteiger partial charge in [-0.05, 0) is 84.8 Å². The molecular weight excluding hydrogens is 558 g/mol. The van der Waals surface area contributed by atoms with Crippen molar-refractivity contribution in [2.75, 3.05) is 5.32 Å². The summed E-state index contributed by atoms with van der Waals surface area (Å²) in [5.74, 6) is -1.80. The molecule has 3 heterocycles. The predicted octanol–water partition coefficient (Wildman–Crippen LogP) is 4.96. The molecular formula is C33H31N7O4. The zero-order valence-electron chi connectivity index (χ0n) is 24.5. The number of hydrogen-bond acceptors (Lipinski definition) is 6. The fraction of sp³-hybridized carbons (Fsp3) is 0.212. The number of H-pyrrole nitrogens is 1. The average molecular weight is 590 g/mol. The van der Waals surface area contributed by atoms with Crippen LogP contribution in [0, 0.1) is 0 Å². The number of nitrogens with one attached hydrogen (secondary N) is 2. The number of aromatic amines is 1. The van der Waals surface area contributed by atoms with Crippen LogP contribution >= 0.6 is 0 Å². The van der Waals surface area contributed by atoms with Crippen LogP contribution in [0.1, 0.15) is 59.6 Å². The Balaban J connectivity index is 1.42. The first-order chi connectivity index (χ1) is 21.2. The van der Waals surface area contributed by atoms with Gasteiger partial charge in [-0.3, -0.25) is 9.59 Å². The molecule has 0 aliphatic carbocycles. The van der Waals surface area contributed by atoms with E-state index in [1.54, 1.807) is 27.8 Å². The smallest absolute Gasteiger partial charge is 0.335 e. The van der Waals surface area contributed by atoms with Crippen molar-refractivity contribution in [3.05, 3.63) is 107 Å². The first kappa shape index (κ1) is 28.5. The van der Waals surface area contributed by atoms with Gasteiger partial charge in [-0.25, -0.2) is 4.79 Å². The number of rotatable bonds is 7. The molecule has 3 aromatic carbocycles. The number of hydrogen-bond donors (Lipinski definition) is 3. The van der Waals surface area contributed by atoms with Gasteiger partial charge in [-0.15, -0.1) is 5.10 Å². The summed E-state index contributed by atoms with van der Waals surface area (Å²) in [5.41, 5.74) is 4.86. The molecule has 0 saturated carbocycles. The second-order valence-electron chi connectivity index (χ2n) is 11.4. The maximum Gasteiger partial charge on any atom is 0.335 e. The highest BCUT2D eigenvalue weighted by atomic mass is 16.4. The first-order valence-electron chi connectivity index (χ1n) is 14.3. The summed E-state index contributed by atoms with van der Waals surface area (Å²) < 4.78 is 1.54. The van der Waals surface area contributed by atoms with E-state index < -0.39 is 23.5 Å². The Morgan fingerprint density at radius 3 is 2.57 bits per heavy atom. The summed E-state index contributed by atoms with van der Waals surface area (Å²) in [4.78, 5) is 44.8. The Labute approximate surface area is 253 Å². The van der Waals surface area contributed by atoms with Gasteiger partial charge in [0.05, 0.1) is 11.3 Å². The summed E-state index contributed by atoms with van der Waals surface area (Å²) in [5, 5.41) is 24.6. The molecule has 0 bridgehead atoms. The Hall–Kier alpha value is -5.58. The molecule has 2 amide bonds. The number of carboxylic acids is 1. The highest BCUT2D eigenvalue weighted by Gasteiger charge is 2.46. The molecule has 11 nitrogen and oxygen atoms in total. The van der Waals surface area contributed by atoms with Crippen LogP contribution in [0.25, 0.3) is 22.7 Å². The maximum atomic E-state index is 14.2. The van der Waals surface area contributed by atoms with Gasteiger partial charge in [0.25, 0.3) is 5.91 Å². The molecule has 1 unspecified atom stereocenters. The van der Waals surface area contributed by atoms with E-state index in [9.17, 15) is 19.5 Å². The molecule has 0 radical (unpaired) electrons. The quantitative estimate of drug-likeness (QED) is 0.227. The SMILES string of the molecule is CCc1ccc(-n2cnnn2)c(/C=C/C(=O)N2C(C(=O)Nc3ccc(C(=O)O)cc3)c3c([nH]c4ccccc34)CC2(C)C)c1. The zero-order valence-corrected chi connectivity index (χ0v) is 24.5. The van der Waals surface area contributed by atoms with Crippen LogP contribution in [0.3, 0.4) is 0 Å². The largest absolute Gasteiger partial charge is 0.478 e. The van der Waals surface area contributed by atoms with E-state index in [1.165, 1.54) is 24.5 Å². The van der Waals surface area contributed by atoms with Crippen molar-refractivity contribution in [2.45, 2.75) is 45.2 Å². The van der Waals surface area contributed by atoms with E-state index in [0.29, 0.717) is 17.8 Å². The fourth-order valence-corrected chi connectivity index (χ4v) is 5.93. The van der Waals surface area contributed by atoms with Crippen molar-refractivity contribution in [3.63, 3.8) is 0 Å². The number of carboxylic acid groups (broad SMARTS) is 1. The van der Waals surface area contributed by atoms with Gasteiger partial charge in [-0.1, -0.05) is 31.2 Å². The van der Waals surface area contributed by atoms with E-state index in [4.69, 9.17) is 0 Å². The molecule has 1 aliphatic rings. The van der Waals surface area contributed by atoms with E-state index in [1.807, 2.05) is 56.3 Å². The van der Waals surface area contributed by atoms with Crippen LogP contribution < -0.4 is 5.32 Å². The number of aromatic carboxylic acids is 1. The van der Waals surface area contributed by atoms with Crippen molar-refractivity contribution in [2.24, 2.45) is 0 Å². The molecule has 0 fully saturated rings. The fourth-order valence-electron chi connectivity index (χ4n) is 5.93. The number of benzene rings is 3. The number of para-hydroxylation sites is 1. The molecule has 2 aromatic heterocycles. The van der Waals surface area contributed by atoms with E-state index >= 15 is 0 Å². The lowest BCUT2D eigenvalue weighted by atomic mass is 9.83. The molecule has 1 aliphatic heterocycles. The van der Waals surface area contributed by atoms with Crippen LogP contribution in [0.5, 0.6) is 0 Å². The molecule has 222 valence electrons. The minimum absolute atomic E-state index is 0.107. The molecule has 3 N–H and O–H groups in total. The number of anilines is 1. The van der Waals surface area contributed by atoms with Crippen LogP contribution in [-0.2, 0) is 22.4 Å². The van der Waals surface area contributed by atoms with Crippen LogP contribution in [0.4, 0.5) is 5.69 Å². The van der Waals surface area contributed by atoms with Gasteiger partial charge in [-0.2, -0.15) is 4.68 Å². The number of aryl methyl sites for hydroxylation is 1. The summed E-state index contributed by atoms with van der Waals surface area (Å²) in [6.45, 7) is 5.94. The molecule has 5 aromatic rings. The highest BCUT2D eigenvalue weighted by molar-refractivity contribution is 6.04. The zero-order chi connectivity index (χ0) is 31.0. The Morgan fingerprint density at radius 2 is 1.86 bits per heavy atom. The number of aromatic nitrogens is 5. The second kappa shape index (κ2) is 11.3. The number of nitrogens with zero attached hydrogens (tertiary/aromatic N) is 5.